The Kier molecular flexibility index (Phi) is 6.39. The molecule has 0 fully saturated rings. The summed E-state index contributed by atoms with van der Waals surface area (Å²) in [6.45, 7) is 2.56. The van der Waals surface area contributed by atoms with E-state index >= 15 is 0 Å². The smallest absolute Gasteiger partial charge is 0.262 e. The fourth-order valence-corrected chi connectivity index (χ4v) is 4.21. The number of ether oxygens (including phenoxy) is 1. The first-order valence-electron chi connectivity index (χ1n) is 9.58. The Labute approximate surface area is 198 Å². The molecule has 0 saturated carbocycles. The zero-order chi connectivity index (χ0) is 21.1. The minimum absolute atomic E-state index is 0.0416. The molecule has 4 rings (SSSR count). The van der Waals surface area contributed by atoms with Crippen LogP contribution < -0.4 is 9.64 Å². The monoisotopic (exact) mass is 571 g/mol. The number of halogens is 2. The van der Waals surface area contributed by atoms with Gasteiger partial charge >= 0.3 is 0 Å². The largest absolute Gasteiger partial charge is 0.493 e. The Morgan fingerprint density at radius 3 is 2.43 bits per heavy atom. The average molecular weight is 572 g/mol. The van der Waals surface area contributed by atoms with Crippen LogP contribution in [-0.4, -0.2) is 12.5 Å². The number of carbonyl (C=O) groups is 1. The van der Waals surface area contributed by atoms with Gasteiger partial charge in [0, 0.05) is 14.8 Å². The number of nitrogens with zero attached hydrogens (tertiary/aromatic N) is 1. The maximum absolute atomic E-state index is 13.4. The Morgan fingerprint density at radius 2 is 1.77 bits per heavy atom. The van der Waals surface area contributed by atoms with Gasteiger partial charge in [-0.05, 0) is 105 Å². The molecule has 0 unspecified atom stereocenters. The van der Waals surface area contributed by atoms with Crippen molar-refractivity contribution in [3.05, 3.63) is 104 Å². The van der Waals surface area contributed by atoms with Gasteiger partial charge in [0.2, 0.25) is 0 Å². The van der Waals surface area contributed by atoms with Crippen molar-refractivity contribution in [2.45, 2.75) is 6.92 Å². The summed E-state index contributed by atoms with van der Waals surface area (Å²) in [5, 5.41) is 0. The highest BCUT2D eigenvalue weighted by Gasteiger charge is 2.30. The highest BCUT2D eigenvalue weighted by Crippen LogP contribution is 2.36. The van der Waals surface area contributed by atoms with Gasteiger partial charge in [0.25, 0.3) is 5.91 Å². The molecule has 30 heavy (non-hydrogen) atoms. The van der Waals surface area contributed by atoms with E-state index in [1.54, 1.807) is 4.90 Å². The number of benzene rings is 3. The first kappa shape index (κ1) is 20.9. The lowest BCUT2D eigenvalue weighted by atomic mass is 10.1. The van der Waals surface area contributed by atoms with Gasteiger partial charge in [-0.25, -0.2) is 0 Å². The minimum atomic E-state index is -0.0416. The zero-order valence-corrected chi connectivity index (χ0v) is 20.1. The quantitative estimate of drug-likeness (QED) is 0.246. The fourth-order valence-electron chi connectivity index (χ4n) is 3.34. The average Bonchev–Trinajstić information content (AvgIpc) is 3.07. The van der Waals surface area contributed by atoms with Gasteiger partial charge in [-0.1, -0.05) is 36.4 Å². The molecule has 5 heteroatoms. The van der Waals surface area contributed by atoms with Gasteiger partial charge in [0.05, 0.1) is 16.8 Å². The Bertz CT molecular complexity index is 1140. The van der Waals surface area contributed by atoms with E-state index in [0.29, 0.717) is 12.2 Å². The van der Waals surface area contributed by atoms with E-state index in [4.69, 9.17) is 4.74 Å². The topological polar surface area (TPSA) is 29.5 Å². The highest BCUT2D eigenvalue weighted by atomic mass is 127. The summed E-state index contributed by atoms with van der Waals surface area (Å²) in [7, 11) is 0. The van der Waals surface area contributed by atoms with Crippen LogP contribution in [0.15, 0.2) is 88.9 Å². The third-order valence-electron chi connectivity index (χ3n) is 4.72. The van der Waals surface area contributed by atoms with Gasteiger partial charge in [0.1, 0.15) is 5.75 Å². The summed E-state index contributed by atoms with van der Waals surface area (Å²) in [4.78, 5) is 15.2. The molecule has 0 radical (unpaired) electrons. The van der Waals surface area contributed by atoms with E-state index in [2.05, 4.69) is 38.5 Å². The van der Waals surface area contributed by atoms with Crippen molar-refractivity contribution in [3.8, 4) is 5.75 Å². The van der Waals surface area contributed by atoms with Crippen LogP contribution in [0.3, 0.4) is 0 Å². The minimum Gasteiger partial charge on any atom is -0.493 e. The number of anilines is 1. The Balaban J connectivity index is 1.76. The number of hydrogen-bond acceptors (Lipinski definition) is 2. The molecule has 0 saturated heterocycles. The molecule has 0 spiro atoms. The van der Waals surface area contributed by atoms with Crippen molar-refractivity contribution in [2.75, 3.05) is 11.5 Å². The molecule has 150 valence electrons. The molecule has 3 nitrogen and oxygen atoms in total. The molecule has 0 bridgehead atoms. The number of carbonyl (C=O) groups excluding carboxylic acids is 1. The fraction of sp³-hybridized carbons (Fsp3) is 0.0800. The van der Waals surface area contributed by atoms with Crippen LogP contribution in [0.1, 0.15) is 18.1 Å². The summed E-state index contributed by atoms with van der Waals surface area (Å²) >= 11 is 5.82. The SMILES string of the molecule is CCOc1ccc(/C=C2\C=C(c3ccccc3)N(c3ccc(I)cc3)C2=O)cc1Br. The normalized spacial score (nSPS) is 14.9. The van der Waals surface area contributed by atoms with Gasteiger partial charge < -0.3 is 4.74 Å². The Hall–Kier alpha value is -2.38. The van der Waals surface area contributed by atoms with Crippen LogP contribution >= 0.6 is 38.5 Å². The molecule has 1 aliphatic heterocycles. The summed E-state index contributed by atoms with van der Waals surface area (Å²) in [6, 6.07) is 23.8. The predicted octanol–water partition coefficient (Wildman–Crippen LogP) is 6.92. The molecule has 3 aromatic carbocycles. The van der Waals surface area contributed by atoms with Crippen molar-refractivity contribution in [1.82, 2.24) is 0 Å². The van der Waals surface area contributed by atoms with E-state index < -0.39 is 0 Å². The first-order chi connectivity index (χ1) is 14.6. The van der Waals surface area contributed by atoms with Crippen molar-refractivity contribution < 1.29 is 9.53 Å². The molecule has 1 amide bonds. The van der Waals surface area contributed by atoms with Gasteiger partial charge in [0.15, 0.2) is 0 Å². The molecular formula is C25H19BrINO2. The van der Waals surface area contributed by atoms with E-state index in [1.165, 1.54) is 0 Å². The second-order valence-corrected chi connectivity index (χ2v) is 8.84. The van der Waals surface area contributed by atoms with E-state index in [9.17, 15) is 4.79 Å². The van der Waals surface area contributed by atoms with E-state index in [1.807, 2.05) is 91.9 Å². The molecule has 0 aliphatic carbocycles. The second-order valence-electron chi connectivity index (χ2n) is 6.74. The van der Waals surface area contributed by atoms with Crippen LogP contribution in [0, 0.1) is 3.57 Å². The Morgan fingerprint density at radius 1 is 1.03 bits per heavy atom. The summed E-state index contributed by atoms with van der Waals surface area (Å²) < 4.78 is 7.58. The summed E-state index contributed by atoms with van der Waals surface area (Å²) in [5.74, 6) is 0.749. The standard InChI is InChI=1S/C25H19BrINO2/c1-2-30-24-13-8-17(15-22(24)26)14-19-16-23(18-6-4-3-5-7-18)28(25(19)29)21-11-9-20(27)10-12-21/h3-16H,2H2,1H3/b19-14+. The lowest BCUT2D eigenvalue weighted by Crippen LogP contribution is -2.24. The maximum atomic E-state index is 13.4. The summed E-state index contributed by atoms with van der Waals surface area (Å²) in [6.07, 6.45) is 3.87. The number of amides is 1. The van der Waals surface area contributed by atoms with Crippen LogP contribution in [0.25, 0.3) is 11.8 Å². The summed E-state index contributed by atoms with van der Waals surface area (Å²) in [5.41, 5.74) is 4.30. The first-order valence-corrected chi connectivity index (χ1v) is 11.4. The molecule has 1 heterocycles. The van der Waals surface area contributed by atoms with Gasteiger partial charge in [-0.15, -0.1) is 0 Å². The lowest BCUT2D eigenvalue weighted by molar-refractivity contribution is -0.113. The highest BCUT2D eigenvalue weighted by molar-refractivity contribution is 14.1. The van der Waals surface area contributed by atoms with Crippen LogP contribution in [-0.2, 0) is 4.79 Å². The molecular weight excluding hydrogens is 553 g/mol. The molecule has 3 aromatic rings. The van der Waals surface area contributed by atoms with E-state index in [-0.39, 0.29) is 5.91 Å². The van der Waals surface area contributed by atoms with E-state index in [0.717, 1.165) is 36.3 Å². The third-order valence-corrected chi connectivity index (χ3v) is 6.05. The van der Waals surface area contributed by atoms with Crippen LogP contribution in [0.4, 0.5) is 5.69 Å². The van der Waals surface area contributed by atoms with Crippen molar-refractivity contribution in [3.63, 3.8) is 0 Å². The predicted molar refractivity (Wildman–Crippen MR) is 134 cm³/mol. The maximum Gasteiger partial charge on any atom is 0.262 e. The molecule has 0 atom stereocenters. The second kappa shape index (κ2) is 9.18. The third kappa shape index (κ3) is 4.37. The number of rotatable bonds is 5. The van der Waals surface area contributed by atoms with Gasteiger partial charge in [-0.2, -0.15) is 0 Å². The molecule has 0 aromatic heterocycles. The van der Waals surface area contributed by atoms with Crippen LogP contribution in [0.2, 0.25) is 0 Å². The lowest BCUT2D eigenvalue weighted by Gasteiger charge is -2.21. The van der Waals surface area contributed by atoms with Gasteiger partial charge in [-0.3, -0.25) is 9.69 Å². The van der Waals surface area contributed by atoms with Crippen LogP contribution in [0.5, 0.6) is 5.75 Å². The molecule has 1 aliphatic rings. The number of hydrogen-bond donors (Lipinski definition) is 0. The zero-order valence-electron chi connectivity index (χ0n) is 16.3. The molecule has 0 N–H and O–H groups in total. The van der Waals surface area contributed by atoms with Crippen molar-refractivity contribution in [2.24, 2.45) is 0 Å². The van der Waals surface area contributed by atoms with Crippen molar-refractivity contribution in [1.29, 1.82) is 0 Å². The van der Waals surface area contributed by atoms with Crippen molar-refractivity contribution >= 4 is 61.9 Å².